The van der Waals surface area contributed by atoms with E-state index in [0.717, 1.165) is 6.26 Å². The summed E-state index contributed by atoms with van der Waals surface area (Å²) >= 11 is 9.19. The van der Waals surface area contributed by atoms with E-state index in [1.54, 1.807) is 0 Å². The van der Waals surface area contributed by atoms with E-state index < -0.39 is 26.3 Å². The summed E-state index contributed by atoms with van der Waals surface area (Å²) in [5, 5.41) is -1.61. The van der Waals surface area contributed by atoms with Crippen molar-refractivity contribution < 1.29 is 17.5 Å². The number of hydrogen-bond acceptors (Lipinski definition) is 3. The van der Waals surface area contributed by atoms with Gasteiger partial charge in [0.25, 0.3) is 0 Å². The van der Waals surface area contributed by atoms with E-state index in [-0.39, 0.29) is 10.2 Å². The van der Waals surface area contributed by atoms with E-state index >= 15 is 0 Å². The van der Waals surface area contributed by atoms with Gasteiger partial charge in [0.05, 0.1) is 22.2 Å². The first-order valence-electron chi connectivity index (χ1n) is 5.04. The Morgan fingerprint density at radius 3 is 2.44 bits per heavy atom. The highest BCUT2D eigenvalue weighted by atomic mass is 79.9. The molecular weight excluding hydrogens is 347 g/mol. The number of ether oxygens (including phenoxy) is 1. The summed E-state index contributed by atoms with van der Waals surface area (Å²) in [7, 11) is -1.92. The Labute approximate surface area is 119 Å². The fourth-order valence-electron chi connectivity index (χ4n) is 1.41. The standard InChI is InChI=1S/C11H13BrClFO3S/c1-6(18(3,15)16)11(13)7-4-8(12)9(14)5-10(7)17-2/h4-6,11H,1-3H3. The third kappa shape index (κ3) is 3.36. The molecule has 1 aromatic carbocycles. The molecule has 0 fully saturated rings. The monoisotopic (exact) mass is 358 g/mol. The first-order valence-corrected chi connectivity index (χ1v) is 8.22. The van der Waals surface area contributed by atoms with Gasteiger partial charge in [-0.05, 0) is 28.9 Å². The Balaban J connectivity index is 3.28. The first-order chi connectivity index (χ1) is 8.18. The number of rotatable bonds is 4. The summed E-state index contributed by atoms with van der Waals surface area (Å²) in [6, 6.07) is 2.61. The van der Waals surface area contributed by atoms with Crippen molar-refractivity contribution in [2.75, 3.05) is 13.4 Å². The minimum Gasteiger partial charge on any atom is -0.496 e. The lowest BCUT2D eigenvalue weighted by Gasteiger charge is -2.19. The average Bonchev–Trinajstić information content (AvgIpc) is 2.29. The molecule has 0 N–H and O–H groups in total. The minimum absolute atomic E-state index is 0.213. The molecule has 0 aliphatic carbocycles. The third-order valence-corrected chi connectivity index (χ3v) is 5.65. The molecule has 0 radical (unpaired) electrons. The molecule has 0 saturated heterocycles. The van der Waals surface area contributed by atoms with Crippen LogP contribution in [0.2, 0.25) is 0 Å². The summed E-state index contributed by atoms with van der Waals surface area (Å²) in [6.07, 6.45) is 1.11. The molecule has 0 heterocycles. The zero-order valence-corrected chi connectivity index (χ0v) is 13.2. The van der Waals surface area contributed by atoms with Gasteiger partial charge in [-0.2, -0.15) is 0 Å². The van der Waals surface area contributed by atoms with Crippen molar-refractivity contribution in [3.63, 3.8) is 0 Å². The number of hydrogen-bond donors (Lipinski definition) is 0. The van der Waals surface area contributed by atoms with E-state index in [2.05, 4.69) is 15.9 Å². The maximum absolute atomic E-state index is 13.4. The van der Waals surface area contributed by atoms with Gasteiger partial charge in [0, 0.05) is 17.9 Å². The van der Waals surface area contributed by atoms with Gasteiger partial charge in [-0.15, -0.1) is 11.6 Å². The summed E-state index contributed by atoms with van der Waals surface area (Å²) in [5.74, 6) is -0.266. The molecule has 0 bridgehead atoms. The lowest BCUT2D eigenvalue weighted by Crippen LogP contribution is -2.21. The second-order valence-electron chi connectivity index (χ2n) is 3.94. The molecule has 18 heavy (non-hydrogen) atoms. The molecule has 0 aliphatic heterocycles. The van der Waals surface area contributed by atoms with Crippen LogP contribution in [0.3, 0.4) is 0 Å². The normalized spacial score (nSPS) is 15.2. The van der Waals surface area contributed by atoms with Crippen molar-refractivity contribution in [1.82, 2.24) is 0 Å². The van der Waals surface area contributed by atoms with E-state index in [9.17, 15) is 12.8 Å². The summed E-state index contributed by atoms with van der Waals surface area (Å²) in [6.45, 7) is 1.50. The SMILES string of the molecule is COc1cc(F)c(Br)cc1C(Cl)C(C)S(C)(=O)=O. The molecule has 0 aliphatic rings. The summed E-state index contributed by atoms with van der Waals surface area (Å²) in [4.78, 5) is 0. The maximum Gasteiger partial charge on any atom is 0.151 e. The van der Waals surface area contributed by atoms with Crippen LogP contribution in [0, 0.1) is 5.82 Å². The fourth-order valence-corrected chi connectivity index (χ4v) is 3.08. The Morgan fingerprint density at radius 1 is 1.44 bits per heavy atom. The van der Waals surface area contributed by atoms with Gasteiger partial charge in [-0.1, -0.05) is 0 Å². The van der Waals surface area contributed by atoms with Gasteiger partial charge in [-0.25, -0.2) is 12.8 Å². The average molecular weight is 360 g/mol. The third-order valence-electron chi connectivity index (χ3n) is 2.66. The van der Waals surface area contributed by atoms with Crippen molar-refractivity contribution in [3.05, 3.63) is 28.0 Å². The molecule has 7 heteroatoms. The van der Waals surface area contributed by atoms with Gasteiger partial charge in [-0.3, -0.25) is 0 Å². The van der Waals surface area contributed by atoms with Crippen LogP contribution in [0.25, 0.3) is 0 Å². The molecule has 1 aromatic rings. The van der Waals surface area contributed by atoms with Crippen LogP contribution in [-0.4, -0.2) is 27.0 Å². The predicted octanol–water partition coefficient (Wildman–Crippen LogP) is 3.31. The minimum atomic E-state index is -3.29. The second-order valence-corrected chi connectivity index (χ2v) is 7.67. The van der Waals surface area contributed by atoms with Crippen LogP contribution in [0.1, 0.15) is 17.9 Å². The maximum atomic E-state index is 13.4. The van der Waals surface area contributed by atoms with Crippen molar-refractivity contribution in [3.8, 4) is 5.75 Å². The first kappa shape index (κ1) is 15.7. The van der Waals surface area contributed by atoms with E-state index in [4.69, 9.17) is 16.3 Å². The molecule has 0 saturated carbocycles. The predicted molar refractivity (Wildman–Crippen MR) is 73.6 cm³/mol. The number of benzene rings is 1. The van der Waals surface area contributed by atoms with Gasteiger partial charge >= 0.3 is 0 Å². The second kappa shape index (κ2) is 5.75. The molecule has 0 spiro atoms. The van der Waals surface area contributed by atoms with Crippen molar-refractivity contribution in [2.24, 2.45) is 0 Å². The van der Waals surface area contributed by atoms with Crippen LogP contribution < -0.4 is 4.74 Å². The van der Waals surface area contributed by atoms with Crippen LogP contribution in [0.5, 0.6) is 5.75 Å². The highest BCUT2D eigenvalue weighted by molar-refractivity contribution is 9.10. The van der Waals surface area contributed by atoms with Crippen molar-refractivity contribution >= 4 is 37.4 Å². The number of halogens is 3. The highest BCUT2D eigenvalue weighted by Crippen LogP contribution is 2.37. The van der Waals surface area contributed by atoms with Gasteiger partial charge in [0.2, 0.25) is 0 Å². The Bertz CT molecular complexity index is 547. The van der Waals surface area contributed by atoms with Crippen LogP contribution in [-0.2, 0) is 9.84 Å². The number of alkyl halides is 1. The van der Waals surface area contributed by atoms with Crippen LogP contribution in [0.4, 0.5) is 4.39 Å². The van der Waals surface area contributed by atoms with Crippen molar-refractivity contribution in [1.29, 1.82) is 0 Å². The van der Waals surface area contributed by atoms with Crippen LogP contribution in [0.15, 0.2) is 16.6 Å². The van der Waals surface area contributed by atoms with E-state index in [1.807, 2.05) is 0 Å². The quantitative estimate of drug-likeness (QED) is 0.775. The Kier molecular flexibility index (Phi) is 5.03. The Morgan fingerprint density at radius 2 is 2.00 bits per heavy atom. The lowest BCUT2D eigenvalue weighted by molar-refractivity contribution is 0.405. The largest absolute Gasteiger partial charge is 0.496 e. The molecule has 2 atom stereocenters. The summed E-state index contributed by atoms with van der Waals surface area (Å²) < 4.78 is 41.6. The molecule has 0 amide bonds. The Hall–Kier alpha value is -0.330. The van der Waals surface area contributed by atoms with Crippen LogP contribution >= 0.6 is 27.5 Å². The molecule has 3 nitrogen and oxygen atoms in total. The van der Waals surface area contributed by atoms with Crippen molar-refractivity contribution in [2.45, 2.75) is 17.6 Å². The smallest absolute Gasteiger partial charge is 0.151 e. The number of methoxy groups -OCH3 is 1. The van der Waals surface area contributed by atoms with E-state index in [1.165, 1.54) is 26.2 Å². The fraction of sp³-hybridized carbons (Fsp3) is 0.455. The van der Waals surface area contributed by atoms with Gasteiger partial charge in [0.15, 0.2) is 9.84 Å². The van der Waals surface area contributed by atoms with Gasteiger partial charge in [0.1, 0.15) is 11.6 Å². The highest BCUT2D eigenvalue weighted by Gasteiger charge is 2.28. The van der Waals surface area contributed by atoms with Gasteiger partial charge < -0.3 is 4.74 Å². The molecule has 2 unspecified atom stereocenters. The molecule has 102 valence electrons. The van der Waals surface area contributed by atoms with E-state index in [0.29, 0.717) is 5.56 Å². The topological polar surface area (TPSA) is 43.4 Å². The molecular formula is C11H13BrClFO3S. The summed E-state index contributed by atoms with van der Waals surface area (Å²) in [5.41, 5.74) is 0.436. The number of sulfone groups is 1. The molecule has 0 aromatic heterocycles. The lowest BCUT2D eigenvalue weighted by atomic mass is 10.1. The zero-order valence-electron chi connectivity index (χ0n) is 10.1. The molecule has 1 rings (SSSR count). The zero-order chi connectivity index (χ0) is 14.1.